The fourth-order valence-corrected chi connectivity index (χ4v) is 11.9. The highest BCUT2D eigenvalue weighted by molar-refractivity contribution is 7.47. The molecule has 0 spiro atoms. The van der Waals surface area contributed by atoms with Gasteiger partial charge in [-0.25, -0.2) is 9.13 Å². The molecule has 0 aromatic carbocycles. The molecule has 516 valence electrons. The maximum Gasteiger partial charge on any atom is 0.472 e. The topological polar surface area (TPSA) is 237 Å². The van der Waals surface area contributed by atoms with Gasteiger partial charge in [0, 0.05) is 25.7 Å². The van der Waals surface area contributed by atoms with Crippen LogP contribution in [0.25, 0.3) is 0 Å². The van der Waals surface area contributed by atoms with Gasteiger partial charge in [-0.15, -0.1) is 0 Å². The van der Waals surface area contributed by atoms with Crippen molar-refractivity contribution in [3.05, 3.63) is 0 Å². The van der Waals surface area contributed by atoms with Crippen molar-refractivity contribution in [2.75, 3.05) is 39.6 Å². The molecule has 5 atom stereocenters. The van der Waals surface area contributed by atoms with E-state index < -0.39 is 97.5 Å². The number of carbonyl (C=O) groups excluding carboxylic acids is 4. The fourth-order valence-electron chi connectivity index (χ4n) is 10.3. The largest absolute Gasteiger partial charge is 0.472 e. The van der Waals surface area contributed by atoms with E-state index in [1.807, 2.05) is 0 Å². The lowest BCUT2D eigenvalue weighted by molar-refractivity contribution is -0.161. The minimum absolute atomic E-state index is 0.104. The van der Waals surface area contributed by atoms with Crippen molar-refractivity contribution in [2.24, 2.45) is 5.92 Å². The summed E-state index contributed by atoms with van der Waals surface area (Å²) in [5.41, 5.74) is 0. The molecule has 3 N–H and O–H groups in total. The third-order valence-electron chi connectivity index (χ3n) is 15.8. The van der Waals surface area contributed by atoms with Crippen molar-refractivity contribution in [3.63, 3.8) is 0 Å². The number of unbranched alkanes of at least 4 members (excludes halogenated alkanes) is 40. The number of phosphoric ester groups is 2. The minimum atomic E-state index is -4.95. The van der Waals surface area contributed by atoms with E-state index in [2.05, 4.69) is 34.6 Å². The summed E-state index contributed by atoms with van der Waals surface area (Å²) in [5, 5.41) is 10.6. The van der Waals surface area contributed by atoms with Crippen LogP contribution in [-0.4, -0.2) is 96.7 Å². The first kappa shape index (κ1) is 85.1. The lowest BCUT2D eigenvalue weighted by atomic mass is 10.0. The molecular formula is C68H132O17P2. The summed E-state index contributed by atoms with van der Waals surface area (Å²) in [5.74, 6) is -1.41. The summed E-state index contributed by atoms with van der Waals surface area (Å²) in [6, 6.07) is 0. The second-order valence-corrected chi connectivity index (χ2v) is 27.9. The van der Waals surface area contributed by atoms with Crippen LogP contribution in [0.3, 0.4) is 0 Å². The second-order valence-electron chi connectivity index (χ2n) is 25.0. The van der Waals surface area contributed by atoms with E-state index in [1.165, 1.54) is 161 Å². The first-order valence-corrected chi connectivity index (χ1v) is 38.6. The molecule has 19 heteroatoms. The third kappa shape index (κ3) is 62.6. The summed E-state index contributed by atoms with van der Waals surface area (Å²) < 4.78 is 68.1. The van der Waals surface area contributed by atoms with Gasteiger partial charge in [-0.1, -0.05) is 298 Å². The Morgan fingerprint density at radius 3 is 0.782 bits per heavy atom. The smallest absolute Gasteiger partial charge is 0.462 e. The lowest BCUT2D eigenvalue weighted by Crippen LogP contribution is -2.30. The molecule has 0 aromatic rings. The van der Waals surface area contributed by atoms with Gasteiger partial charge in [-0.3, -0.25) is 37.3 Å². The van der Waals surface area contributed by atoms with E-state index in [4.69, 9.17) is 37.0 Å². The van der Waals surface area contributed by atoms with Crippen LogP contribution in [0.2, 0.25) is 0 Å². The van der Waals surface area contributed by atoms with Crippen molar-refractivity contribution >= 4 is 39.5 Å². The molecule has 0 rings (SSSR count). The zero-order valence-corrected chi connectivity index (χ0v) is 57.9. The molecular weight excluding hydrogens is 1150 g/mol. The number of esters is 4. The molecule has 0 saturated carbocycles. The molecule has 0 heterocycles. The fraction of sp³-hybridized carbons (Fsp3) is 0.941. The van der Waals surface area contributed by atoms with Crippen molar-refractivity contribution in [1.29, 1.82) is 0 Å². The molecule has 87 heavy (non-hydrogen) atoms. The Bertz CT molecular complexity index is 1690. The van der Waals surface area contributed by atoms with E-state index in [0.717, 1.165) is 109 Å². The first-order chi connectivity index (χ1) is 42.0. The van der Waals surface area contributed by atoms with Gasteiger partial charge >= 0.3 is 39.5 Å². The van der Waals surface area contributed by atoms with Gasteiger partial charge in [0.2, 0.25) is 0 Å². The summed E-state index contributed by atoms with van der Waals surface area (Å²) in [4.78, 5) is 72.3. The lowest BCUT2D eigenvalue weighted by Gasteiger charge is -2.21. The SMILES string of the molecule is CCCCCCCCCCCCCCCCCC(=O)O[C@H](COC(=O)CCCCCCCCCCCCCCCC)COP(=O)(O)OC[C@@H](O)COP(=O)(O)OC[C@@H](COC(=O)CCCCCCCCC)OC(=O)CCCCCCCCCCC(C)C. The van der Waals surface area contributed by atoms with Gasteiger partial charge in [-0.05, 0) is 31.6 Å². The molecule has 0 amide bonds. The number of ether oxygens (including phenoxy) is 4. The predicted octanol–water partition coefficient (Wildman–Crippen LogP) is 19.4. The molecule has 17 nitrogen and oxygen atoms in total. The zero-order chi connectivity index (χ0) is 64.2. The molecule has 0 aliphatic heterocycles. The monoisotopic (exact) mass is 1280 g/mol. The van der Waals surface area contributed by atoms with Gasteiger partial charge in [-0.2, -0.15) is 0 Å². The van der Waals surface area contributed by atoms with Crippen molar-refractivity contribution in [3.8, 4) is 0 Å². The van der Waals surface area contributed by atoms with E-state index in [0.29, 0.717) is 25.7 Å². The summed E-state index contributed by atoms with van der Waals surface area (Å²) in [6.45, 7) is 7.16. The van der Waals surface area contributed by atoms with Crippen LogP contribution in [0.1, 0.15) is 349 Å². The van der Waals surface area contributed by atoms with E-state index in [-0.39, 0.29) is 25.7 Å². The van der Waals surface area contributed by atoms with Gasteiger partial charge in [0.05, 0.1) is 26.4 Å². The zero-order valence-electron chi connectivity index (χ0n) is 56.2. The molecule has 0 fully saturated rings. The molecule has 0 radical (unpaired) electrons. The number of aliphatic hydroxyl groups is 1. The number of hydrogen-bond acceptors (Lipinski definition) is 15. The number of hydrogen-bond donors (Lipinski definition) is 3. The number of aliphatic hydroxyl groups excluding tert-OH is 1. The highest BCUT2D eigenvalue weighted by Gasteiger charge is 2.30. The number of phosphoric acid groups is 2. The van der Waals surface area contributed by atoms with Crippen LogP contribution >= 0.6 is 15.6 Å². The standard InChI is InChI=1S/C68H132O17P2/c1-6-9-12-15-18-20-22-24-26-28-30-32-38-43-48-53-67(72)84-64(58-79-66(71)52-47-42-37-31-29-27-25-23-21-19-16-13-10-7-2)60-83-87(76,77)81-56-62(69)55-80-86(74,75)82-59-63(57-78-65(70)51-46-41-35-17-14-11-8-3)85-68(73)54-49-44-39-34-33-36-40-45-50-61(4)5/h61-64,69H,6-60H2,1-5H3,(H,74,75)(H,76,77)/t62-,63+,64+/m0/s1. The van der Waals surface area contributed by atoms with E-state index in [9.17, 15) is 43.2 Å². The highest BCUT2D eigenvalue weighted by Crippen LogP contribution is 2.45. The number of carbonyl (C=O) groups is 4. The molecule has 0 saturated heterocycles. The van der Waals surface area contributed by atoms with Crippen molar-refractivity contribution in [1.82, 2.24) is 0 Å². The Balaban J connectivity index is 5.21. The number of rotatable bonds is 68. The molecule has 0 aromatic heterocycles. The van der Waals surface area contributed by atoms with Crippen LogP contribution in [-0.2, 0) is 65.4 Å². The Kier molecular flexibility index (Phi) is 60.2. The van der Waals surface area contributed by atoms with Gasteiger partial charge in [0.25, 0.3) is 0 Å². The van der Waals surface area contributed by atoms with Gasteiger partial charge in [0.1, 0.15) is 19.3 Å². The minimum Gasteiger partial charge on any atom is -0.462 e. The quantitative estimate of drug-likeness (QED) is 0.0222. The molecule has 0 aliphatic rings. The van der Waals surface area contributed by atoms with Crippen molar-refractivity contribution < 1.29 is 80.2 Å². The second kappa shape index (κ2) is 61.6. The van der Waals surface area contributed by atoms with Crippen LogP contribution in [0.5, 0.6) is 0 Å². The maximum absolute atomic E-state index is 13.0. The Morgan fingerprint density at radius 2 is 0.529 bits per heavy atom. The summed E-state index contributed by atoms with van der Waals surface area (Å²) in [7, 11) is -9.89. The third-order valence-corrected chi connectivity index (χ3v) is 17.7. The molecule has 2 unspecified atom stereocenters. The van der Waals surface area contributed by atoms with E-state index >= 15 is 0 Å². The highest BCUT2D eigenvalue weighted by atomic mass is 31.2. The maximum atomic E-state index is 13.0. The van der Waals surface area contributed by atoms with Crippen LogP contribution < -0.4 is 0 Å². The van der Waals surface area contributed by atoms with Crippen LogP contribution in [0.15, 0.2) is 0 Å². The Hall–Kier alpha value is -1.94. The summed E-state index contributed by atoms with van der Waals surface area (Å²) >= 11 is 0. The Morgan fingerprint density at radius 1 is 0.310 bits per heavy atom. The normalized spacial score (nSPS) is 14.1. The Labute approximate surface area is 530 Å². The van der Waals surface area contributed by atoms with E-state index in [1.54, 1.807) is 0 Å². The van der Waals surface area contributed by atoms with Gasteiger partial charge in [0.15, 0.2) is 12.2 Å². The van der Waals surface area contributed by atoms with Crippen molar-refractivity contribution in [2.45, 2.75) is 368 Å². The predicted molar refractivity (Wildman–Crippen MR) is 349 cm³/mol. The molecule has 0 aliphatic carbocycles. The average Bonchev–Trinajstić information content (AvgIpc) is 3.69. The average molecular weight is 1280 g/mol. The van der Waals surface area contributed by atoms with Gasteiger partial charge < -0.3 is 33.8 Å². The van der Waals surface area contributed by atoms with Crippen LogP contribution in [0.4, 0.5) is 0 Å². The molecule has 0 bridgehead atoms. The summed E-state index contributed by atoms with van der Waals surface area (Å²) in [6.07, 6.45) is 47.3. The van der Waals surface area contributed by atoms with Crippen LogP contribution in [0, 0.1) is 5.92 Å². The first-order valence-electron chi connectivity index (χ1n) is 35.6.